The minimum atomic E-state index is -1.09. The number of nitrogens with zero attached hydrogens (tertiary/aromatic N) is 1. The molecule has 6 nitrogen and oxygen atoms in total. The molecule has 1 aliphatic heterocycles. The number of hydrogen-bond donors (Lipinski definition) is 1. The van der Waals surface area contributed by atoms with Crippen LogP contribution in [0, 0.1) is 11.6 Å². The summed E-state index contributed by atoms with van der Waals surface area (Å²) in [5.41, 5.74) is 0.354. The number of carbonyl (C=O) groups is 2. The molecule has 0 spiro atoms. The third-order valence-corrected chi connectivity index (χ3v) is 2.90. The van der Waals surface area contributed by atoms with Gasteiger partial charge >= 0.3 is 5.97 Å². The predicted octanol–water partition coefficient (Wildman–Crippen LogP) is 0.913. The number of amides is 1. The van der Waals surface area contributed by atoms with E-state index in [9.17, 15) is 18.4 Å². The van der Waals surface area contributed by atoms with Crippen LogP contribution < -0.4 is 10.2 Å². The van der Waals surface area contributed by atoms with Crippen molar-refractivity contribution >= 4 is 23.3 Å². The van der Waals surface area contributed by atoms with Gasteiger partial charge in [-0.1, -0.05) is 0 Å². The Hall–Kier alpha value is -2.22. The first-order valence-corrected chi connectivity index (χ1v) is 6.20. The van der Waals surface area contributed by atoms with Gasteiger partial charge in [-0.3, -0.25) is 14.5 Å². The number of carbonyl (C=O) groups excluding carboxylic acids is 2. The molecule has 0 radical (unpaired) electrons. The average molecular weight is 300 g/mol. The molecule has 0 saturated carbocycles. The van der Waals surface area contributed by atoms with Crippen molar-refractivity contribution in [2.45, 2.75) is 0 Å². The molecule has 0 aromatic heterocycles. The number of anilines is 2. The smallest absolute Gasteiger partial charge is 0.326 e. The van der Waals surface area contributed by atoms with Crippen LogP contribution >= 0.6 is 0 Å². The monoisotopic (exact) mass is 300 g/mol. The van der Waals surface area contributed by atoms with Crippen molar-refractivity contribution in [2.24, 2.45) is 0 Å². The summed E-state index contributed by atoms with van der Waals surface area (Å²) in [6, 6.07) is 1.82. The summed E-state index contributed by atoms with van der Waals surface area (Å²) < 4.78 is 36.1. The van der Waals surface area contributed by atoms with Crippen LogP contribution in [0.25, 0.3) is 0 Å². The maximum Gasteiger partial charge on any atom is 0.326 e. The first-order valence-electron chi connectivity index (χ1n) is 6.20. The zero-order valence-corrected chi connectivity index (χ0v) is 11.3. The molecule has 114 valence electrons. The topological polar surface area (TPSA) is 67.9 Å². The highest BCUT2D eigenvalue weighted by molar-refractivity contribution is 6.05. The molecular formula is C13H14F2N2O4. The summed E-state index contributed by atoms with van der Waals surface area (Å²) in [6.07, 6.45) is 0. The maximum atomic E-state index is 13.3. The Morgan fingerprint density at radius 1 is 1.33 bits per heavy atom. The van der Waals surface area contributed by atoms with Crippen molar-refractivity contribution in [2.75, 3.05) is 43.6 Å². The average Bonchev–Trinajstić information content (AvgIpc) is 2.44. The van der Waals surface area contributed by atoms with Gasteiger partial charge in [0, 0.05) is 19.2 Å². The van der Waals surface area contributed by atoms with Gasteiger partial charge in [-0.15, -0.1) is 0 Å². The molecule has 0 fully saturated rings. The number of hydrogen-bond acceptors (Lipinski definition) is 5. The fourth-order valence-electron chi connectivity index (χ4n) is 1.89. The molecule has 1 aliphatic rings. The Bertz CT molecular complexity index is 565. The maximum absolute atomic E-state index is 13.3. The highest BCUT2D eigenvalue weighted by Gasteiger charge is 2.27. The molecule has 1 N–H and O–H groups in total. The van der Waals surface area contributed by atoms with Crippen LogP contribution in [0.4, 0.5) is 20.2 Å². The van der Waals surface area contributed by atoms with Crippen LogP contribution in [0.5, 0.6) is 0 Å². The summed E-state index contributed by atoms with van der Waals surface area (Å²) in [7, 11) is 1.46. The molecular weight excluding hydrogens is 286 g/mol. The molecule has 0 saturated heterocycles. The van der Waals surface area contributed by atoms with E-state index >= 15 is 0 Å². The Balaban J connectivity index is 2.15. The van der Waals surface area contributed by atoms with Gasteiger partial charge in [-0.2, -0.15) is 0 Å². The number of methoxy groups -OCH3 is 1. The number of halogens is 2. The molecule has 0 unspecified atom stereocenters. The van der Waals surface area contributed by atoms with Gasteiger partial charge in [0.15, 0.2) is 11.6 Å². The lowest BCUT2D eigenvalue weighted by Crippen LogP contribution is -2.43. The van der Waals surface area contributed by atoms with Gasteiger partial charge in [0.25, 0.3) is 0 Å². The number of esters is 1. The fraction of sp³-hybridized carbons (Fsp3) is 0.385. The molecule has 1 amide bonds. The van der Waals surface area contributed by atoms with E-state index in [0.29, 0.717) is 0 Å². The van der Waals surface area contributed by atoms with E-state index in [1.54, 1.807) is 0 Å². The highest BCUT2D eigenvalue weighted by Crippen LogP contribution is 2.31. The second-order valence-electron chi connectivity index (χ2n) is 4.33. The van der Waals surface area contributed by atoms with Gasteiger partial charge in [0.2, 0.25) is 5.91 Å². The van der Waals surface area contributed by atoms with E-state index < -0.39 is 23.5 Å². The van der Waals surface area contributed by atoms with E-state index in [1.165, 1.54) is 7.11 Å². The van der Waals surface area contributed by atoms with Crippen molar-refractivity contribution in [3.05, 3.63) is 23.8 Å². The van der Waals surface area contributed by atoms with Gasteiger partial charge in [-0.05, 0) is 0 Å². The highest BCUT2D eigenvalue weighted by atomic mass is 19.2. The van der Waals surface area contributed by atoms with E-state index in [2.05, 4.69) is 5.32 Å². The number of benzene rings is 1. The fourth-order valence-corrected chi connectivity index (χ4v) is 1.89. The number of rotatable bonds is 5. The molecule has 8 heteroatoms. The van der Waals surface area contributed by atoms with E-state index in [-0.39, 0.29) is 37.7 Å². The van der Waals surface area contributed by atoms with Crippen LogP contribution in [0.15, 0.2) is 12.1 Å². The Labute approximate surface area is 119 Å². The predicted molar refractivity (Wildman–Crippen MR) is 70.0 cm³/mol. The molecule has 1 aromatic rings. The molecule has 2 rings (SSSR count). The summed E-state index contributed by atoms with van der Waals surface area (Å²) in [6.45, 7) is -0.191. The number of fused-ring (bicyclic) bond motifs is 1. The van der Waals surface area contributed by atoms with Crippen molar-refractivity contribution in [3.63, 3.8) is 0 Å². The van der Waals surface area contributed by atoms with Crippen LogP contribution in [-0.2, 0) is 19.1 Å². The zero-order chi connectivity index (χ0) is 15.4. The van der Waals surface area contributed by atoms with Crippen molar-refractivity contribution in [3.8, 4) is 0 Å². The Morgan fingerprint density at radius 3 is 2.76 bits per heavy atom. The molecule has 0 bridgehead atoms. The molecule has 1 heterocycles. The normalized spacial score (nSPS) is 13.7. The largest absolute Gasteiger partial charge is 0.462 e. The van der Waals surface area contributed by atoms with Crippen molar-refractivity contribution < 1.29 is 27.8 Å². The standard InChI is InChI=1S/C13H14F2N2O4/c1-20-2-3-21-13(19)7-17-11-5-9(15)8(14)4-10(11)16-6-12(17)18/h4-5,16H,2-3,6-7H2,1H3. The molecule has 0 aliphatic carbocycles. The zero-order valence-electron chi connectivity index (χ0n) is 11.3. The number of nitrogens with one attached hydrogen (secondary N) is 1. The Morgan fingerprint density at radius 2 is 2.05 bits per heavy atom. The lowest BCUT2D eigenvalue weighted by Gasteiger charge is -2.29. The van der Waals surface area contributed by atoms with E-state index in [0.717, 1.165) is 17.0 Å². The summed E-state index contributed by atoms with van der Waals surface area (Å²) in [5, 5.41) is 2.67. The summed E-state index contributed by atoms with van der Waals surface area (Å²) in [5.74, 6) is -3.21. The minimum absolute atomic E-state index is 0.0558. The first-order chi connectivity index (χ1) is 10.0. The van der Waals surface area contributed by atoms with Gasteiger partial charge < -0.3 is 14.8 Å². The minimum Gasteiger partial charge on any atom is -0.462 e. The second-order valence-corrected chi connectivity index (χ2v) is 4.33. The summed E-state index contributed by atoms with van der Waals surface area (Å²) >= 11 is 0. The van der Waals surface area contributed by atoms with E-state index in [1.807, 2.05) is 0 Å². The van der Waals surface area contributed by atoms with Crippen molar-refractivity contribution in [1.29, 1.82) is 0 Å². The molecule has 1 aromatic carbocycles. The van der Waals surface area contributed by atoms with Crippen LogP contribution in [-0.4, -0.2) is 45.3 Å². The van der Waals surface area contributed by atoms with Crippen LogP contribution in [0.3, 0.4) is 0 Å². The Kier molecular flexibility index (Phi) is 4.69. The van der Waals surface area contributed by atoms with Gasteiger partial charge in [0.1, 0.15) is 13.2 Å². The summed E-state index contributed by atoms with van der Waals surface area (Å²) in [4.78, 5) is 24.5. The van der Waals surface area contributed by atoms with Crippen LogP contribution in [0.1, 0.15) is 0 Å². The third kappa shape index (κ3) is 3.46. The van der Waals surface area contributed by atoms with Gasteiger partial charge in [0.05, 0.1) is 24.5 Å². The van der Waals surface area contributed by atoms with E-state index in [4.69, 9.17) is 9.47 Å². The van der Waals surface area contributed by atoms with Crippen LogP contribution in [0.2, 0.25) is 0 Å². The quantitative estimate of drug-likeness (QED) is 0.647. The third-order valence-electron chi connectivity index (χ3n) is 2.90. The van der Waals surface area contributed by atoms with Gasteiger partial charge in [-0.25, -0.2) is 8.78 Å². The first kappa shape index (κ1) is 15.2. The molecule has 0 atom stereocenters. The lowest BCUT2D eigenvalue weighted by molar-refractivity contribution is -0.144. The SMILES string of the molecule is COCCOC(=O)CN1C(=O)CNc2cc(F)c(F)cc21. The van der Waals surface area contributed by atoms with Crippen molar-refractivity contribution in [1.82, 2.24) is 0 Å². The lowest BCUT2D eigenvalue weighted by atomic mass is 10.2. The molecule has 21 heavy (non-hydrogen) atoms. The second kappa shape index (κ2) is 6.49. The number of ether oxygens (including phenoxy) is 2.